The Balaban J connectivity index is 2.00. The first-order valence-corrected chi connectivity index (χ1v) is 7.03. The lowest BCUT2D eigenvalue weighted by Crippen LogP contribution is -2.18. The Morgan fingerprint density at radius 1 is 1.22 bits per heavy atom. The minimum atomic E-state index is -0.391. The van der Waals surface area contributed by atoms with Crippen LogP contribution in [0.3, 0.4) is 0 Å². The Kier molecular flexibility index (Phi) is 4.18. The van der Waals surface area contributed by atoms with Crippen LogP contribution in [0.25, 0.3) is 0 Å². The second-order valence-electron chi connectivity index (χ2n) is 4.95. The molecule has 23 heavy (non-hydrogen) atoms. The number of rotatable bonds is 5. The summed E-state index contributed by atoms with van der Waals surface area (Å²) in [6.07, 6.45) is 5.11. The highest BCUT2D eigenvalue weighted by atomic mass is 19.1. The van der Waals surface area contributed by atoms with Crippen molar-refractivity contribution in [3.05, 3.63) is 66.1 Å². The predicted molar refractivity (Wildman–Crippen MR) is 83.7 cm³/mol. The summed E-state index contributed by atoms with van der Waals surface area (Å²) in [5.41, 5.74) is 0.728. The molecule has 2 heterocycles. The summed E-state index contributed by atoms with van der Waals surface area (Å²) in [6.45, 7) is 0. The molecule has 3 rings (SSSR count). The molecular weight excluding hydrogens is 297 g/mol. The van der Waals surface area contributed by atoms with Crippen molar-refractivity contribution in [2.45, 2.75) is 6.04 Å². The molecule has 0 spiro atoms. The summed E-state index contributed by atoms with van der Waals surface area (Å²) >= 11 is 0. The normalized spacial score (nSPS) is 12.0. The summed E-state index contributed by atoms with van der Waals surface area (Å²) in [6, 6.07) is 7.62. The number of benzene rings is 1. The summed E-state index contributed by atoms with van der Waals surface area (Å²) < 4.78 is 20.6. The third kappa shape index (κ3) is 3.28. The van der Waals surface area contributed by atoms with Gasteiger partial charge in [-0.25, -0.2) is 14.4 Å². The number of ether oxygens (including phenoxy) is 1. The molecule has 1 N–H and O–H groups in total. The standard InChI is InChI=1S/C16H16FN5O/c1-22-9-8-18-15(22)14(11-4-3-5-12(17)10-11)21-16-19-7-6-13(20-16)23-2/h3-10,14H,1-2H3,(H,19,20,21)/t14-/m0/s1. The first-order valence-electron chi connectivity index (χ1n) is 7.03. The zero-order chi connectivity index (χ0) is 16.2. The highest BCUT2D eigenvalue weighted by Crippen LogP contribution is 2.25. The fourth-order valence-corrected chi connectivity index (χ4v) is 2.29. The lowest BCUT2D eigenvalue weighted by molar-refractivity contribution is 0.397. The molecule has 0 unspecified atom stereocenters. The summed E-state index contributed by atoms with van der Waals surface area (Å²) in [4.78, 5) is 12.8. The third-order valence-corrected chi connectivity index (χ3v) is 3.41. The van der Waals surface area contributed by atoms with E-state index < -0.39 is 6.04 Å². The average molecular weight is 313 g/mol. The number of nitrogens with one attached hydrogen (secondary N) is 1. The molecule has 2 aromatic heterocycles. The molecular formula is C16H16FN5O. The quantitative estimate of drug-likeness (QED) is 0.784. The van der Waals surface area contributed by atoms with Crippen molar-refractivity contribution in [2.75, 3.05) is 12.4 Å². The maximum Gasteiger partial charge on any atom is 0.226 e. The van der Waals surface area contributed by atoms with E-state index in [1.54, 1.807) is 24.5 Å². The maximum atomic E-state index is 13.6. The van der Waals surface area contributed by atoms with Gasteiger partial charge in [0.05, 0.1) is 7.11 Å². The van der Waals surface area contributed by atoms with Gasteiger partial charge in [0.15, 0.2) is 0 Å². The van der Waals surface area contributed by atoms with E-state index >= 15 is 0 Å². The van der Waals surface area contributed by atoms with Crippen LogP contribution < -0.4 is 10.1 Å². The van der Waals surface area contributed by atoms with E-state index in [2.05, 4.69) is 20.3 Å². The minimum Gasteiger partial charge on any atom is -0.481 e. The number of hydrogen-bond donors (Lipinski definition) is 1. The zero-order valence-corrected chi connectivity index (χ0v) is 12.8. The van der Waals surface area contributed by atoms with Crippen molar-refractivity contribution in [1.29, 1.82) is 0 Å². The summed E-state index contributed by atoms with van der Waals surface area (Å²) in [5, 5.41) is 3.19. The van der Waals surface area contributed by atoms with Crippen LogP contribution in [0.15, 0.2) is 48.9 Å². The maximum absolute atomic E-state index is 13.6. The van der Waals surface area contributed by atoms with Gasteiger partial charge in [-0.15, -0.1) is 0 Å². The third-order valence-electron chi connectivity index (χ3n) is 3.41. The Morgan fingerprint density at radius 3 is 2.78 bits per heavy atom. The number of nitrogens with zero attached hydrogens (tertiary/aromatic N) is 4. The molecule has 3 aromatic rings. The number of methoxy groups -OCH3 is 1. The predicted octanol–water partition coefficient (Wildman–Crippen LogP) is 2.56. The van der Waals surface area contributed by atoms with Gasteiger partial charge >= 0.3 is 0 Å². The van der Waals surface area contributed by atoms with Crippen LogP contribution in [-0.2, 0) is 7.05 Å². The van der Waals surface area contributed by atoms with Crippen molar-refractivity contribution in [2.24, 2.45) is 7.05 Å². The molecule has 118 valence electrons. The number of halogens is 1. The van der Waals surface area contributed by atoms with E-state index in [9.17, 15) is 4.39 Å². The van der Waals surface area contributed by atoms with Crippen LogP contribution in [0, 0.1) is 5.82 Å². The topological polar surface area (TPSA) is 64.9 Å². The highest BCUT2D eigenvalue weighted by molar-refractivity contribution is 5.38. The highest BCUT2D eigenvalue weighted by Gasteiger charge is 2.20. The molecule has 0 aliphatic heterocycles. The number of aryl methyl sites for hydroxylation is 1. The van der Waals surface area contributed by atoms with Crippen LogP contribution in [0.1, 0.15) is 17.4 Å². The van der Waals surface area contributed by atoms with Crippen LogP contribution in [0.5, 0.6) is 5.88 Å². The lowest BCUT2D eigenvalue weighted by Gasteiger charge is -2.19. The number of aromatic nitrogens is 4. The summed E-state index contributed by atoms with van der Waals surface area (Å²) in [7, 11) is 3.41. The Morgan fingerprint density at radius 2 is 2.09 bits per heavy atom. The monoisotopic (exact) mass is 313 g/mol. The minimum absolute atomic E-state index is 0.310. The van der Waals surface area contributed by atoms with Crippen LogP contribution in [0.2, 0.25) is 0 Å². The van der Waals surface area contributed by atoms with E-state index in [0.29, 0.717) is 11.8 Å². The fourth-order valence-electron chi connectivity index (χ4n) is 2.29. The molecule has 0 saturated carbocycles. The van der Waals surface area contributed by atoms with E-state index in [0.717, 1.165) is 11.4 Å². The van der Waals surface area contributed by atoms with Crippen molar-refractivity contribution >= 4 is 5.95 Å². The SMILES string of the molecule is COc1ccnc(N[C@@H](c2cccc(F)c2)c2nccn2C)n1. The van der Waals surface area contributed by atoms with E-state index in [1.165, 1.54) is 19.2 Å². The van der Waals surface area contributed by atoms with Crippen molar-refractivity contribution in [3.8, 4) is 5.88 Å². The van der Waals surface area contributed by atoms with Crippen LogP contribution >= 0.6 is 0 Å². The molecule has 0 amide bonds. The first-order chi connectivity index (χ1) is 11.2. The van der Waals surface area contributed by atoms with Gasteiger partial charge in [-0.2, -0.15) is 4.98 Å². The molecule has 0 aliphatic rings. The van der Waals surface area contributed by atoms with Gasteiger partial charge in [0.1, 0.15) is 17.7 Å². The molecule has 0 radical (unpaired) electrons. The van der Waals surface area contributed by atoms with Gasteiger partial charge in [0.2, 0.25) is 11.8 Å². The lowest BCUT2D eigenvalue weighted by atomic mass is 10.1. The Bertz CT molecular complexity index is 804. The molecule has 6 nitrogen and oxygen atoms in total. The number of anilines is 1. The van der Waals surface area contributed by atoms with E-state index in [-0.39, 0.29) is 5.82 Å². The molecule has 0 aliphatic carbocycles. The van der Waals surface area contributed by atoms with Gasteiger partial charge in [-0.3, -0.25) is 0 Å². The summed E-state index contributed by atoms with van der Waals surface area (Å²) in [5.74, 6) is 1.24. The Labute approximate surface area is 133 Å². The molecule has 0 saturated heterocycles. The van der Waals surface area contributed by atoms with Crippen LogP contribution in [0.4, 0.5) is 10.3 Å². The number of imidazole rings is 1. The second kappa shape index (κ2) is 6.43. The molecule has 1 atom stereocenters. The van der Waals surface area contributed by atoms with E-state index in [1.807, 2.05) is 23.9 Å². The van der Waals surface area contributed by atoms with Crippen molar-refractivity contribution in [1.82, 2.24) is 19.5 Å². The molecule has 0 bridgehead atoms. The van der Waals surface area contributed by atoms with Gasteiger partial charge in [-0.05, 0) is 17.7 Å². The van der Waals surface area contributed by atoms with Crippen molar-refractivity contribution < 1.29 is 9.13 Å². The van der Waals surface area contributed by atoms with Gasteiger partial charge in [0, 0.05) is 31.7 Å². The van der Waals surface area contributed by atoms with Gasteiger partial charge in [0.25, 0.3) is 0 Å². The molecule has 1 aromatic carbocycles. The second-order valence-corrected chi connectivity index (χ2v) is 4.95. The average Bonchev–Trinajstić information content (AvgIpc) is 2.98. The largest absolute Gasteiger partial charge is 0.481 e. The van der Waals surface area contributed by atoms with Crippen molar-refractivity contribution in [3.63, 3.8) is 0 Å². The van der Waals surface area contributed by atoms with Gasteiger partial charge < -0.3 is 14.6 Å². The first kappa shape index (κ1) is 15.0. The van der Waals surface area contributed by atoms with Gasteiger partial charge in [-0.1, -0.05) is 12.1 Å². The zero-order valence-electron chi connectivity index (χ0n) is 12.8. The molecule has 7 heteroatoms. The smallest absolute Gasteiger partial charge is 0.226 e. The molecule has 0 fully saturated rings. The van der Waals surface area contributed by atoms with Crippen LogP contribution in [-0.4, -0.2) is 26.6 Å². The Hall–Kier alpha value is -2.96. The van der Waals surface area contributed by atoms with E-state index in [4.69, 9.17) is 4.74 Å². The number of hydrogen-bond acceptors (Lipinski definition) is 5. The fraction of sp³-hybridized carbons (Fsp3) is 0.188.